The molecule has 0 N–H and O–H groups in total. The topological polar surface area (TPSA) is 53.5 Å². The highest BCUT2D eigenvalue weighted by Crippen LogP contribution is 2.14. The van der Waals surface area contributed by atoms with Crippen LogP contribution in [0.15, 0.2) is 6.07 Å². The van der Waals surface area contributed by atoms with Crippen molar-refractivity contribution in [2.45, 2.75) is 33.5 Å². The van der Waals surface area contributed by atoms with Crippen molar-refractivity contribution >= 4 is 11.6 Å². The van der Waals surface area contributed by atoms with E-state index in [1.165, 1.54) is 0 Å². The summed E-state index contributed by atoms with van der Waals surface area (Å²) in [5, 5.41) is 0.347. The average molecular weight is 275 g/mol. The third-order valence-corrected chi connectivity index (χ3v) is 2.13. The molecule has 0 unspecified atom stereocenters. The van der Waals surface area contributed by atoms with Gasteiger partial charge in [0, 0.05) is 12.7 Å². The molecular weight excluding hydrogens is 256 g/mol. The highest BCUT2D eigenvalue weighted by Gasteiger charge is 2.04. The second-order valence-corrected chi connectivity index (χ2v) is 4.24. The van der Waals surface area contributed by atoms with E-state index in [9.17, 15) is 0 Å². The Morgan fingerprint density at radius 3 is 2.72 bits per heavy atom. The molecule has 18 heavy (non-hydrogen) atoms. The highest BCUT2D eigenvalue weighted by atomic mass is 35.5. The Hall–Kier alpha value is -0.910. The molecular formula is C12H19ClN2O3. The van der Waals surface area contributed by atoms with Gasteiger partial charge in [0.25, 0.3) is 0 Å². The molecule has 0 spiro atoms. The molecule has 102 valence electrons. The van der Waals surface area contributed by atoms with Crippen LogP contribution in [0, 0.1) is 0 Å². The third kappa shape index (κ3) is 6.14. The van der Waals surface area contributed by atoms with Crippen molar-refractivity contribution in [3.8, 4) is 5.88 Å². The van der Waals surface area contributed by atoms with Gasteiger partial charge in [-0.25, -0.2) is 4.98 Å². The maximum absolute atomic E-state index is 5.87. The third-order valence-electron chi connectivity index (χ3n) is 1.94. The SMILES string of the molecule is CCOCc1nc(Cl)cc(OCCOC(C)C)n1. The predicted molar refractivity (Wildman–Crippen MR) is 69.0 cm³/mol. The van der Waals surface area contributed by atoms with Crippen LogP contribution < -0.4 is 4.74 Å². The lowest BCUT2D eigenvalue weighted by Gasteiger charge is -2.09. The molecule has 0 aliphatic carbocycles. The molecule has 5 nitrogen and oxygen atoms in total. The lowest BCUT2D eigenvalue weighted by molar-refractivity contribution is 0.0539. The van der Waals surface area contributed by atoms with Crippen LogP contribution in [0.2, 0.25) is 5.15 Å². The Morgan fingerprint density at radius 2 is 2.06 bits per heavy atom. The van der Waals surface area contributed by atoms with Gasteiger partial charge in [-0.1, -0.05) is 11.6 Å². The van der Waals surface area contributed by atoms with Crippen molar-refractivity contribution in [2.75, 3.05) is 19.8 Å². The fourth-order valence-electron chi connectivity index (χ4n) is 1.20. The number of halogens is 1. The molecule has 0 amide bonds. The Balaban J connectivity index is 2.46. The Kier molecular flexibility index (Phi) is 6.93. The first kappa shape index (κ1) is 15.1. The summed E-state index contributed by atoms with van der Waals surface area (Å²) in [7, 11) is 0. The van der Waals surface area contributed by atoms with Crippen molar-refractivity contribution in [1.82, 2.24) is 9.97 Å². The number of rotatable bonds is 8. The van der Waals surface area contributed by atoms with Gasteiger partial charge in [-0.15, -0.1) is 0 Å². The summed E-state index contributed by atoms with van der Waals surface area (Å²) in [5.74, 6) is 0.959. The van der Waals surface area contributed by atoms with Crippen LogP contribution >= 0.6 is 11.6 Å². The number of ether oxygens (including phenoxy) is 3. The van der Waals surface area contributed by atoms with E-state index in [0.717, 1.165) is 0 Å². The summed E-state index contributed by atoms with van der Waals surface area (Å²) in [6.45, 7) is 7.73. The van der Waals surface area contributed by atoms with Gasteiger partial charge in [-0.2, -0.15) is 4.98 Å². The molecule has 0 saturated carbocycles. The van der Waals surface area contributed by atoms with Crippen molar-refractivity contribution in [2.24, 2.45) is 0 Å². The van der Waals surface area contributed by atoms with Crippen molar-refractivity contribution in [3.63, 3.8) is 0 Å². The smallest absolute Gasteiger partial charge is 0.218 e. The quantitative estimate of drug-likeness (QED) is 0.538. The van der Waals surface area contributed by atoms with E-state index in [0.29, 0.717) is 43.3 Å². The van der Waals surface area contributed by atoms with Gasteiger partial charge in [0.1, 0.15) is 18.4 Å². The molecule has 1 rings (SSSR count). The summed E-state index contributed by atoms with van der Waals surface area (Å²) in [4.78, 5) is 8.24. The zero-order valence-electron chi connectivity index (χ0n) is 11.0. The summed E-state index contributed by atoms with van der Waals surface area (Å²) >= 11 is 5.87. The second kappa shape index (κ2) is 8.24. The van der Waals surface area contributed by atoms with Gasteiger partial charge in [0.2, 0.25) is 5.88 Å². The maximum atomic E-state index is 5.87. The number of hydrogen-bond donors (Lipinski definition) is 0. The molecule has 0 aliphatic heterocycles. The van der Waals surface area contributed by atoms with Gasteiger partial charge in [-0.05, 0) is 20.8 Å². The number of nitrogens with zero attached hydrogens (tertiary/aromatic N) is 2. The largest absolute Gasteiger partial charge is 0.475 e. The summed E-state index contributed by atoms with van der Waals surface area (Å²) < 4.78 is 16.0. The van der Waals surface area contributed by atoms with Crippen LogP contribution in [0.4, 0.5) is 0 Å². The zero-order chi connectivity index (χ0) is 13.4. The van der Waals surface area contributed by atoms with Gasteiger partial charge < -0.3 is 14.2 Å². The van der Waals surface area contributed by atoms with Crippen LogP contribution in [0.3, 0.4) is 0 Å². The molecule has 0 atom stereocenters. The van der Waals surface area contributed by atoms with Crippen LogP contribution in [-0.4, -0.2) is 35.9 Å². The maximum Gasteiger partial charge on any atom is 0.218 e. The van der Waals surface area contributed by atoms with Gasteiger partial charge in [0.05, 0.1) is 12.7 Å². The van der Waals surface area contributed by atoms with Crippen LogP contribution in [-0.2, 0) is 16.1 Å². The van der Waals surface area contributed by atoms with Crippen molar-refractivity contribution < 1.29 is 14.2 Å². The van der Waals surface area contributed by atoms with Crippen LogP contribution in [0.25, 0.3) is 0 Å². The Labute approximate surface area is 112 Å². The summed E-state index contributed by atoms with van der Waals surface area (Å²) in [6.07, 6.45) is 0.191. The standard InChI is InChI=1S/C12H19ClN2O3/c1-4-16-8-11-14-10(13)7-12(15-11)18-6-5-17-9(2)3/h7,9H,4-6,8H2,1-3H3. The van der Waals surface area contributed by atoms with Gasteiger partial charge in [-0.3, -0.25) is 0 Å². The van der Waals surface area contributed by atoms with E-state index in [2.05, 4.69) is 9.97 Å². The Bertz CT molecular complexity index is 361. The number of hydrogen-bond acceptors (Lipinski definition) is 5. The van der Waals surface area contributed by atoms with Gasteiger partial charge >= 0.3 is 0 Å². The van der Waals surface area contributed by atoms with Crippen LogP contribution in [0.5, 0.6) is 5.88 Å². The fraction of sp³-hybridized carbons (Fsp3) is 0.667. The predicted octanol–water partition coefficient (Wildman–Crippen LogP) is 2.47. The van der Waals surface area contributed by atoms with Crippen molar-refractivity contribution in [3.05, 3.63) is 17.0 Å². The molecule has 6 heteroatoms. The van der Waals surface area contributed by atoms with E-state index < -0.39 is 0 Å². The van der Waals surface area contributed by atoms with E-state index in [-0.39, 0.29) is 6.10 Å². The first-order valence-electron chi connectivity index (χ1n) is 5.97. The minimum atomic E-state index is 0.191. The average Bonchev–Trinajstić information content (AvgIpc) is 2.31. The molecule has 0 aromatic carbocycles. The first-order chi connectivity index (χ1) is 8.61. The molecule has 0 aliphatic rings. The minimum Gasteiger partial charge on any atom is -0.475 e. The molecule has 0 bridgehead atoms. The lowest BCUT2D eigenvalue weighted by Crippen LogP contribution is -2.12. The fourth-order valence-corrected chi connectivity index (χ4v) is 1.39. The van der Waals surface area contributed by atoms with E-state index in [4.69, 9.17) is 25.8 Å². The van der Waals surface area contributed by atoms with E-state index in [1.807, 2.05) is 20.8 Å². The second-order valence-electron chi connectivity index (χ2n) is 3.85. The Morgan fingerprint density at radius 1 is 1.28 bits per heavy atom. The molecule has 0 fully saturated rings. The van der Waals surface area contributed by atoms with E-state index >= 15 is 0 Å². The molecule has 0 radical (unpaired) electrons. The van der Waals surface area contributed by atoms with Crippen molar-refractivity contribution in [1.29, 1.82) is 0 Å². The van der Waals surface area contributed by atoms with Crippen LogP contribution in [0.1, 0.15) is 26.6 Å². The highest BCUT2D eigenvalue weighted by molar-refractivity contribution is 6.29. The minimum absolute atomic E-state index is 0.191. The zero-order valence-corrected chi connectivity index (χ0v) is 11.7. The summed E-state index contributed by atoms with van der Waals surface area (Å²) in [5.41, 5.74) is 0. The monoisotopic (exact) mass is 274 g/mol. The molecule has 0 saturated heterocycles. The van der Waals surface area contributed by atoms with Gasteiger partial charge in [0.15, 0.2) is 5.82 Å². The normalized spacial score (nSPS) is 10.9. The first-order valence-corrected chi connectivity index (χ1v) is 6.35. The lowest BCUT2D eigenvalue weighted by atomic mass is 10.5. The molecule has 1 aromatic heterocycles. The molecule has 1 aromatic rings. The molecule has 1 heterocycles. The summed E-state index contributed by atoms with van der Waals surface area (Å²) in [6, 6.07) is 1.58. The number of aromatic nitrogens is 2. The van der Waals surface area contributed by atoms with E-state index in [1.54, 1.807) is 6.07 Å².